The van der Waals surface area contributed by atoms with Crippen LogP contribution in [-0.4, -0.2) is 17.4 Å². The van der Waals surface area contributed by atoms with E-state index in [1.54, 1.807) is 0 Å². The van der Waals surface area contributed by atoms with Crippen molar-refractivity contribution in [3.63, 3.8) is 0 Å². The second-order valence-electron chi connectivity index (χ2n) is 11.3. The molecule has 4 aliphatic carbocycles. The lowest BCUT2D eigenvalue weighted by Gasteiger charge is -2.60. The molecule has 3 heteroatoms. The molecule has 3 nitrogen and oxygen atoms in total. The topological polar surface area (TPSA) is 43.4 Å². The smallest absolute Gasteiger partial charge is 0.312 e. The van der Waals surface area contributed by atoms with Crippen molar-refractivity contribution in [3.8, 4) is 0 Å². The highest BCUT2D eigenvalue weighted by atomic mass is 16.6. The molecule has 0 aromatic carbocycles. The molecule has 0 aromatic heterocycles. The predicted molar refractivity (Wildman–Crippen MR) is 104 cm³/mol. The summed E-state index contributed by atoms with van der Waals surface area (Å²) in [7, 11) is 0. The first kappa shape index (κ1) is 19.9. The van der Waals surface area contributed by atoms with E-state index in [9.17, 15) is 9.59 Å². The molecule has 148 valence electrons. The number of hydrogen-bond acceptors (Lipinski definition) is 3. The largest absolute Gasteiger partial charge is 0.458 e. The van der Waals surface area contributed by atoms with E-state index in [0.717, 1.165) is 43.9 Å². The van der Waals surface area contributed by atoms with E-state index in [1.807, 2.05) is 20.8 Å². The summed E-state index contributed by atoms with van der Waals surface area (Å²) < 4.78 is 6.40. The summed E-state index contributed by atoms with van der Waals surface area (Å²) in [6.07, 6.45) is 7.71. The molecule has 0 unspecified atom stereocenters. The van der Waals surface area contributed by atoms with Crippen LogP contribution in [0.25, 0.3) is 0 Å². The third-order valence-corrected chi connectivity index (χ3v) is 7.44. The van der Waals surface area contributed by atoms with Crippen molar-refractivity contribution in [1.29, 1.82) is 0 Å². The SMILES string of the molecule is CCC(C)(C)C(=O)OC1(CC(=O)CC(C)(C)C)C2CC3CC(C2)CC1C3. The van der Waals surface area contributed by atoms with E-state index in [1.165, 1.54) is 6.42 Å². The predicted octanol–water partition coefficient (Wildman–Crippen LogP) is 5.56. The first-order chi connectivity index (χ1) is 11.9. The van der Waals surface area contributed by atoms with Crippen LogP contribution in [0.4, 0.5) is 0 Å². The monoisotopic (exact) mass is 362 g/mol. The summed E-state index contributed by atoms with van der Waals surface area (Å²) >= 11 is 0. The van der Waals surface area contributed by atoms with Crippen LogP contribution in [0, 0.1) is 34.5 Å². The molecule has 0 aliphatic heterocycles. The van der Waals surface area contributed by atoms with E-state index >= 15 is 0 Å². The second-order valence-corrected chi connectivity index (χ2v) is 11.3. The Morgan fingerprint density at radius 1 is 0.923 bits per heavy atom. The molecule has 0 N–H and O–H groups in total. The van der Waals surface area contributed by atoms with Gasteiger partial charge in [0.2, 0.25) is 0 Å². The molecule has 4 rings (SSSR count). The molecule has 0 saturated heterocycles. The van der Waals surface area contributed by atoms with Crippen molar-refractivity contribution in [2.45, 2.75) is 98.5 Å². The number of carbonyl (C=O) groups excluding carboxylic acids is 2. The van der Waals surface area contributed by atoms with Crippen LogP contribution < -0.4 is 0 Å². The zero-order chi connectivity index (χ0) is 19.3. The van der Waals surface area contributed by atoms with Crippen molar-refractivity contribution >= 4 is 11.8 Å². The van der Waals surface area contributed by atoms with Crippen LogP contribution in [0.3, 0.4) is 0 Å². The fourth-order valence-electron chi connectivity index (χ4n) is 5.89. The Hall–Kier alpha value is -0.860. The number of esters is 1. The summed E-state index contributed by atoms with van der Waals surface area (Å²) in [4.78, 5) is 26.0. The maximum absolute atomic E-state index is 13.0. The Morgan fingerprint density at radius 2 is 1.42 bits per heavy atom. The molecule has 0 heterocycles. The van der Waals surface area contributed by atoms with Crippen LogP contribution in [0.2, 0.25) is 0 Å². The molecule has 0 radical (unpaired) electrons. The van der Waals surface area contributed by atoms with Crippen molar-refractivity contribution in [1.82, 2.24) is 0 Å². The Morgan fingerprint density at radius 3 is 1.85 bits per heavy atom. The summed E-state index contributed by atoms with van der Waals surface area (Å²) in [6.45, 7) is 12.3. The molecule has 4 fully saturated rings. The van der Waals surface area contributed by atoms with Gasteiger partial charge < -0.3 is 4.74 Å². The van der Waals surface area contributed by atoms with E-state index in [0.29, 0.717) is 24.7 Å². The van der Waals surface area contributed by atoms with Gasteiger partial charge in [-0.05, 0) is 69.6 Å². The van der Waals surface area contributed by atoms with E-state index < -0.39 is 11.0 Å². The van der Waals surface area contributed by atoms with Gasteiger partial charge in [-0.15, -0.1) is 0 Å². The molecule has 0 amide bonds. The molecular formula is C23H38O3. The summed E-state index contributed by atoms with van der Waals surface area (Å²) in [6, 6.07) is 0. The van der Waals surface area contributed by atoms with Crippen LogP contribution >= 0.6 is 0 Å². The summed E-state index contributed by atoms with van der Waals surface area (Å²) in [5, 5.41) is 0. The van der Waals surface area contributed by atoms with Crippen molar-refractivity contribution in [3.05, 3.63) is 0 Å². The molecular weight excluding hydrogens is 324 g/mol. The zero-order valence-electron chi connectivity index (χ0n) is 17.7. The number of ether oxygens (including phenoxy) is 1. The molecule has 4 bridgehead atoms. The van der Waals surface area contributed by atoms with Gasteiger partial charge in [0.1, 0.15) is 11.4 Å². The molecule has 0 atom stereocenters. The highest BCUT2D eigenvalue weighted by molar-refractivity contribution is 5.82. The standard InChI is InChI=1S/C23H38O3/c1-7-22(5,6)20(25)26-23(14-19(24)13-21(2,3)4)17-9-15-8-16(11-17)12-18(23)10-15/h15-18H,7-14H2,1-6H3. The fraction of sp³-hybridized carbons (Fsp3) is 0.913. The Labute approximate surface area is 159 Å². The average Bonchev–Trinajstić information content (AvgIpc) is 2.49. The lowest BCUT2D eigenvalue weighted by molar-refractivity contribution is -0.219. The van der Waals surface area contributed by atoms with Crippen LogP contribution in [0.15, 0.2) is 0 Å². The van der Waals surface area contributed by atoms with Crippen molar-refractivity contribution in [2.75, 3.05) is 0 Å². The molecule has 4 aliphatic rings. The molecule has 0 aromatic rings. The maximum atomic E-state index is 13.0. The Bertz CT molecular complexity index is 538. The number of ketones is 1. The average molecular weight is 363 g/mol. The van der Waals surface area contributed by atoms with Gasteiger partial charge in [0.05, 0.1) is 5.41 Å². The number of Topliss-reactive ketones (excluding diaryl/α,β-unsaturated/α-hetero) is 1. The quantitative estimate of drug-likeness (QED) is 0.581. The van der Waals surface area contributed by atoms with E-state index in [-0.39, 0.29) is 17.2 Å². The molecule has 4 saturated carbocycles. The van der Waals surface area contributed by atoms with Gasteiger partial charge in [-0.3, -0.25) is 9.59 Å². The highest BCUT2D eigenvalue weighted by Crippen LogP contribution is 2.61. The van der Waals surface area contributed by atoms with Crippen molar-refractivity contribution < 1.29 is 14.3 Å². The fourth-order valence-corrected chi connectivity index (χ4v) is 5.89. The zero-order valence-corrected chi connectivity index (χ0v) is 17.7. The van der Waals surface area contributed by atoms with Gasteiger partial charge in [-0.2, -0.15) is 0 Å². The Kier molecular flexibility index (Phi) is 5.08. The third kappa shape index (κ3) is 3.73. The van der Waals surface area contributed by atoms with Gasteiger partial charge in [0, 0.05) is 24.7 Å². The van der Waals surface area contributed by atoms with Gasteiger partial charge >= 0.3 is 5.97 Å². The molecule has 26 heavy (non-hydrogen) atoms. The highest BCUT2D eigenvalue weighted by Gasteiger charge is 2.60. The van der Waals surface area contributed by atoms with Gasteiger partial charge in [-0.1, -0.05) is 27.7 Å². The number of hydrogen-bond donors (Lipinski definition) is 0. The molecule has 0 spiro atoms. The van der Waals surface area contributed by atoms with Gasteiger partial charge in [0.15, 0.2) is 0 Å². The van der Waals surface area contributed by atoms with Gasteiger partial charge in [0.25, 0.3) is 0 Å². The third-order valence-electron chi connectivity index (χ3n) is 7.44. The lowest BCUT2D eigenvalue weighted by atomic mass is 9.48. The van der Waals surface area contributed by atoms with Crippen molar-refractivity contribution in [2.24, 2.45) is 34.5 Å². The normalized spacial score (nSPS) is 36.2. The first-order valence-electron chi connectivity index (χ1n) is 10.7. The minimum absolute atomic E-state index is 0.0170. The minimum atomic E-state index is -0.528. The lowest BCUT2D eigenvalue weighted by Crippen LogP contribution is -2.61. The van der Waals surface area contributed by atoms with E-state index in [2.05, 4.69) is 20.8 Å². The van der Waals surface area contributed by atoms with Crippen LogP contribution in [0.5, 0.6) is 0 Å². The first-order valence-corrected chi connectivity index (χ1v) is 10.7. The van der Waals surface area contributed by atoms with Gasteiger partial charge in [-0.25, -0.2) is 0 Å². The van der Waals surface area contributed by atoms with Crippen LogP contribution in [0.1, 0.15) is 92.9 Å². The summed E-state index contributed by atoms with van der Waals surface area (Å²) in [5.74, 6) is 2.53. The minimum Gasteiger partial charge on any atom is -0.458 e. The Balaban J connectivity index is 1.87. The second kappa shape index (κ2) is 6.63. The number of carbonyl (C=O) groups is 2. The number of rotatable bonds is 6. The van der Waals surface area contributed by atoms with E-state index in [4.69, 9.17) is 4.74 Å². The maximum Gasteiger partial charge on any atom is 0.312 e. The van der Waals surface area contributed by atoms with Crippen LogP contribution in [-0.2, 0) is 14.3 Å². The summed E-state index contributed by atoms with van der Waals surface area (Å²) in [5.41, 5.74) is -1.02.